The Morgan fingerprint density at radius 3 is 1.60 bits per heavy atom. The van der Waals surface area contributed by atoms with Crippen LogP contribution in [0.4, 0.5) is 0 Å². The van der Waals surface area contributed by atoms with E-state index in [0.717, 1.165) is 6.42 Å². The molecule has 0 aromatic heterocycles. The van der Waals surface area contributed by atoms with Crippen molar-refractivity contribution in [3.63, 3.8) is 0 Å². The van der Waals surface area contributed by atoms with Crippen LogP contribution in [0.25, 0.3) is 0 Å². The molecule has 0 saturated carbocycles. The van der Waals surface area contributed by atoms with E-state index in [0.29, 0.717) is 0 Å². The molecule has 5 heavy (non-hydrogen) atoms. The van der Waals surface area contributed by atoms with Gasteiger partial charge in [-0.2, -0.15) is 6.42 Å². The van der Waals surface area contributed by atoms with Crippen LogP contribution in [0.5, 0.6) is 0 Å². The summed E-state index contributed by atoms with van der Waals surface area (Å²) >= 11 is 0. The molecule has 0 fully saturated rings. The van der Waals surface area contributed by atoms with Crippen LogP contribution in [-0.4, -0.2) is 29.6 Å². The van der Waals surface area contributed by atoms with Gasteiger partial charge in [-0.15, -0.1) is 0 Å². The summed E-state index contributed by atoms with van der Waals surface area (Å²) in [6.45, 7) is 5.50. The Kier molecular flexibility index (Phi) is 56.0. The van der Waals surface area contributed by atoms with Gasteiger partial charge in [-0.1, -0.05) is 6.92 Å². The van der Waals surface area contributed by atoms with Crippen LogP contribution in [0.1, 0.15) is 13.3 Å². The first kappa shape index (κ1) is 16.0. The molecular weight excluding hydrogens is 66.0 g/mol. The van der Waals surface area contributed by atoms with Gasteiger partial charge < -0.3 is 6.92 Å². The first-order chi connectivity index (χ1) is 1.41. The molecular formula is C3H7LiNa. The van der Waals surface area contributed by atoms with Gasteiger partial charge in [-0.3, -0.25) is 0 Å². The molecule has 0 bridgehead atoms. The third kappa shape index (κ3) is 28.4. The van der Waals surface area contributed by atoms with Gasteiger partial charge in [0.05, 0.1) is 0 Å². The van der Waals surface area contributed by atoms with Crippen LogP contribution < -0.4 is 18.9 Å². The van der Waals surface area contributed by atoms with Gasteiger partial charge in [0.25, 0.3) is 0 Å². The molecule has 21 valence electrons. The zero-order chi connectivity index (χ0) is 2.71. The van der Waals surface area contributed by atoms with Crippen LogP contribution in [0, 0.1) is 6.92 Å². The Labute approximate surface area is 68.2 Å². The SMILES string of the molecule is [CH2-]CC.[Li+].[Na]. The van der Waals surface area contributed by atoms with E-state index < -0.39 is 0 Å². The van der Waals surface area contributed by atoms with E-state index in [-0.39, 0.29) is 48.4 Å². The fourth-order valence-corrected chi connectivity index (χ4v) is 0. The molecule has 0 aromatic carbocycles. The molecule has 0 rings (SSSR count). The van der Waals surface area contributed by atoms with E-state index in [9.17, 15) is 0 Å². The Balaban J connectivity index is -0.0000000200. The minimum atomic E-state index is 0. The van der Waals surface area contributed by atoms with Crippen LogP contribution in [-0.2, 0) is 0 Å². The Morgan fingerprint density at radius 2 is 1.60 bits per heavy atom. The molecule has 0 aromatic rings. The van der Waals surface area contributed by atoms with Crippen LogP contribution in [0.2, 0.25) is 0 Å². The monoisotopic (exact) mass is 73.1 g/mol. The maximum absolute atomic E-state index is 3.49. The predicted octanol–water partition coefficient (Wildman–Crippen LogP) is -2.15. The minimum absolute atomic E-state index is 0. The van der Waals surface area contributed by atoms with Crippen LogP contribution in [0.3, 0.4) is 0 Å². The van der Waals surface area contributed by atoms with E-state index in [2.05, 4.69) is 6.92 Å². The third-order valence-electron chi connectivity index (χ3n) is 0. The molecule has 0 nitrogen and oxygen atoms in total. The van der Waals surface area contributed by atoms with Gasteiger partial charge in [0.15, 0.2) is 0 Å². The summed E-state index contributed by atoms with van der Waals surface area (Å²) in [7, 11) is 0. The Morgan fingerprint density at radius 1 is 1.60 bits per heavy atom. The van der Waals surface area contributed by atoms with Gasteiger partial charge in [0.2, 0.25) is 0 Å². The molecule has 1 radical (unpaired) electrons. The quantitative estimate of drug-likeness (QED) is 0.226. The second kappa shape index (κ2) is 17.5. The summed E-state index contributed by atoms with van der Waals surface area (Å²) in [5, 5.41) is 0. The summed E-state index contributed by atoms with van der Waals surface area (Å²) in [6.07, 6.45) is 1.00. The molecule has 0 atom stereocenters. The number of hydrogen-bond donors (Lipinski definition) is 0. The summed E-state index contributed by atoms with van der Waals surface area (Å²) in [5.41, 5.74) is 0. The van der Waals surface area contributed by atoms with Crippen molar-refractivity contribution in [2.45, 2.75) is 13.3 Å². The second-order valence-corrected chi connectivity index (χ2v) is 0.500. The van der Waals surface area contributed by atoms with Gasteiger partial charge >= 0.3 is 18.9 Å². The van der Waals surface area contributed by atoms with Crippen molar-refractivity contribution < 1.29 is 18.9 Å². The van der Waals surface area contributed by atoms with Gasteiger partial charge in [-0.05, 0) is 0 Å². The van der Waals surface area contributed by atoms with Crippen molar-refractivity contribution in [2.75, 3.05) is 0 Å². The maximum atomic E-state index is 3.49. The summed E-state index contributed by atoms with van der Waals surface area (Å²) in [4.78, 5) is 0. The van der Waals surface area contributed by atoms with E-state index in [1.165, 1.54) is 0 Å². The average Bonchev–Trinajstić information content (AvgIpc) is 0.918. The molecule has 0 spiro atoms. The Hall–Kier alpha value is 1.60. The predicted molar refractivity (Wildman–Crippen MR) is 21.4 cm³/mol. The average molecular weight is 73.0 g/mol. The van der Waals surface area contributed by atoms with E-state index >= 15 is 0 Å². The van der Waals surface area contributed by atoms with Crippen molar-refractivity contribution in [1.29, 1.82) is 0 Å². The first-order valence-electron chi connectivity index (χ1n) is 1.21. The Bertz CT molecular complexity index is 6.85. The molecule has 0 aliphatic rings. The van der Waals surface area contributed by atoms with Crippen LogP contribution >= 0.6 is 0 Å². The smallest absolute Gasteiger partial charge is 0.344 e. The zero-order valence-electron chi connectivity index (χ0n) is 4.41. The third-order valence-corrected chi connectivity index (χ3v) is 0. The fourth-order valence-electron chi connectivity index (χ4n) is 0. The van der Waals surface area contributed by atoms with Crippen molar-refractivity contribution >= 4 is 29.6 Å². The van der Waals surface area contributed by atoms with Crippen molar-refractivity contribution in [3.05, 3.63) is 6.92 Å². The van der Waals surface area contributed by atoms with Crippen molar-refractivity contribution in [3.8, 4) is 0 Å². The summed E-state index contributed by atoms with van der Waals surface area (Å²) in [5.74, 6) is 0. The molecule has 0 heterocycles. The fraction of sp³-hybridized carbons (Fsp3) is 0.667. The molecule has 0 N–H and O–H groups in total. The zero-order valence-corrected chi connectivity index (χ0v) is 6.41. The van der Waals surface area contributed by atoms with E-state index in [4.69, 9.17) is 0 Å². The minimum Gasteiger partial charge on any atom is -0.344 e. The number of hydrogen-bond acceptors (Lipinski definition) is 0. The molecule has 0 unspecified atom stereocenters. The van der Waals surface area contributed by atoms with Gasteiger partial charge in [0.1, 0.15) is 0 Å². The molecule has 2 heteroatoms. The maximum Gasteiger partial charge on any atom is 1.00 e. The van der Waals surface area contributed by atoms with Crippen molar-refractivity contribution in [2.24, 2.45) is 0 Å². The molecule has 0 aliphatic carbocycles. The van der Waals surface area contributed by atoms with Gasteiger partial charge in [0, 0.05) is 29.6 Å². The normalized spacial score (nSPS) is 3.60. The van der Waals surface area contributed by atoms with Gasteiger partial charge in [-0.25, -0.2) is 0 Å². The number of rotatable bonds is 0. The second-order valence-electron chi connectivity index (χ2n) is 0.500. The molecule has 0 aliphatic heterocycles. The topological polar surface area (TPSA) is 0 Å². The standard InChI is InChI=1S/C3H7.Li.Na/c1-3-2;;/h1,3H2,2H3;;/q-1;+1;. The van der Waals surface area contributed by atoms with E-state index in [1.54, 1.807) is 0 Å². The summed E-state index contributed by atoms with van der Waals surface area (Å²) < 4.78 is 0. The van der Waals surface area contributed by atoms with Crippen molar-refractivity contribution in [1.82, 2.24) is 0 Å². The van der Waals surface area contributed by atoms with E-state index in [1.807, 2.05) is 6.92 Å². The molecule has 0 amide bonds. The first-order valence-corrected chi connectivity index (χ1v) is 1.21. The van der Waals surface area contributed by atoms with Crippen LogP contribution in [0.15, 0.2) is 0 Å². The largest absolute Gasteiger partial charge is 1.00 e. The summed E-state index contributed by atoms with van der Waals surface area (Å²) in [6, 6.07) is 0. The molecule has 0 saturated heterocycles.